The highest BCUT2D eigenvalue weighted by atomic mass is 35.5. The summed E-state index contributed by atoms with van der Waals surface area (Å²) in [5.74, 6) is -0.303. The van der Waals surface area contributed by atoms with Crippen molar-refractivity contribution in [1.82, 2.24) is 0 Å². The maximum atomic E-state index is 11.7. The number of rotatable bonds is 3. The van der Waals surface area contributed by atoms with Crippen LogP contribution < -0.4 is 11.1 Å². The van der Waals surface area contributed by atoms with Crippen LogP contribution in [0.2, 0.25) is 5.02 Å². The van der Waals surface area contributed by atoms with Crippen LogP contribution in [0.4, 0.5) is 5.69 Å². The Morgan fingerprint density at radius 2 is 2.25 bits per heavy atom. The third-order valence-corrected chi connectivity index (χ3v) is 2.76. The summed E-state index contributed by atoms with van der Waals surface area (Å²) in [5.41, 5.74) is 5.38. The molecule has 5 heteroatoms. The van der Waals surface area contributed by atoms with E-state index in [0.29, 0.717) is 12.1 Å². The van der Waals surface area contributed by atoms with Gasteiger partial charge in [-0.25, -0.2) is 0 Å². The lowest BCUT2D eigenvalue weighted by Crippen LogP contribution is -2.47. The highest BCUT2D eigenvalue weighted by Gasteiger charge is 2.25. The molecule has 0 heterocycles. The number of benzene rings is 1. The molecule has 1 atom stereocenters. The Kier molecular flexibility index (Phi) is 3.78. The molecule has 1 unspecified atom stereocenters. The van der Waals surface area contributed by atoms with Crippen molar-refractivity contribution in [1.29, 1.82) is 0 Å². The summed E-state index contributed by atoms with van der Waals surface area (Å²) in [4.78, 5) is 11.7. The SMILES string of the molecule is CCC(C)(N)C(=O)Nc1ccc(O)c(Cl)c1. The number of anilines is 1. The van der Waals surface area contributed by atoms with Crippen molar-refractivity contribution < 1.29 is 9.90 Å². The van der Waals surface area contributed by atoms with Crippen LogP contribution in [-0.4, -0.2) is 16.6 Å². The van der Waals surface area contributed by atoms with E-state index in [0.717, 1.165) is 0 Å². The summed E-state index contributed by atoms with van der Waals surface area (Å²) in [6.07, 6.45) is 0.532. The van der Waals surface area contributed by atoms with E-state index in [2.05, 4.69) is 5.32 Å². The van der Waals surface area contributed by atoms with E-state index in [1.165, 1.54) is 12.1 Å². The maximum Gasteiger partial charge on any atom is 0.244 e. The van der Waals surface area contributed by atoms with Crippen molar-refractivity contribution >= 4 is 23.2 Å². The van der Waals surface area contributed by atoms with Gasteiger partial charge in [-0.1, -0.05) is 18.5 Å². The summed E-state index contributed by atoms with van der Waals surface area (Å²) in [6, 6.07) is 4.45. The molecule has 0 aromatic heterocycles. The Morgan fingerprint density at radius 3 is 2.75 bits per heavy atom. The number of carbonyl (C=O) groups excluding carboxylic acids is 1. The standard InChI is InChI=1S/C11H15ClN2O2/c1-3-11(2,13)10(16)14-7-4-5-9(15)8(12)6-7/h4-6,15H,3,13H2,1-2H3,(H,14,16). The molecule has 0 spiro atoms. The minimum Gasteiger partial charge on any atom is -0.506 e. The molecule has 0 bridgehead atoms. The molecule has 1 aromatic carbocycles. The van der Waals surface area contributed by atoms with Crippen LogP contribution in [0.25, 0.3) is 0 Å². The molecule has 88 valence electrons. The third-order valence-electron chi connectivity index (χ3n) is 2.46. The first-order valence-corrected chi connectivity index (χ1v) is 5.33. The van der Waals surface area contributed by atoms with Crippen molar-refractivity contribution in [2.75, 3.05) is 5.32 Å². The van der Waals surface area contributed by atoms with Gasteiger partial charge in [-0.2, -0.15) is 0 Å². The number of hydrogen-bond acceptors (Lipinski definition) is 3. The Balaban J connectivity index is 2.82. The number of hydrogen-bond donors (Lipinski definition) is 3. The number of nitrogens with two attached hydrogens (primary N) is 1. The molecule has 0 fully saturated rings. The van der Waals surface area contributed by atoms with Crippen LogP contribution in [0.5, 0.6) is 5.75 Å². The van der Waals surface area contributed by atoms with Gasteiger partial charge in [-0.3, -0.25) is 4.79 Å². The number of amides is 1. The number of aromatic hydroxyl groups is 1. The number of nitrogens with one attached hydrogen (secondary N) is 1. The number of halogens is 1. The third kappa shape index (κ3) is 2.87. The molecule has 0 saturated heterocycles. The summed E-state index contributed by atoms with van der Waals surface area (Å²) in [6.45, 7) is 3.49. The van der Waals surface area contributed by atoms with Gasteiger partial charge in [0.2, 0.25) is 5.91 Å². The molecule has 1 amide bonds. The summed E-state index contributed by atoms with van der Waals surface area (Å²) in [5, 5.41) is 12.0. The van der Waals surface area contributed by atoms with E-state index in [9.17, 15) is 9.90 Å². The fraction of sp³-hybridized carbons (Fsp3) is 0.364. The zero-order valence-electron chi connectivity index (χ0n) is 9.25. The van der Waals surface area contributed by atoms with Gasteiger partial charge in [0, 0.05) is 5.69 Å². The molecular formula is C11H15ClN2O2. The van der Waals surface area contributed by atoms with Gasteiger partial charge >= 0.3 is 0 Å². The van der Waals surface area contributed by atoms with Gasteiger partial charge in [-0.05, 0) is 31.5 Å². The highest BCUT2D eigenvalue weighted by molar-refractivity contribution is 6.32. The normalized spacial score (nSPS) is 14.2. The van der Waals surface area contributed by atoms with Gasteiger partial charge in [0.25, 0.3) is 0 Å². The summed E-state index contributed by atoms with van der Waals surface area (Å²) in [7, 11) is 0. The molecule has 0 saturated carbocycles. The van der Waals surface area contributed by atoms with Crippen LogP contribution >= 0.6 is 11.6 Å². The van der Waals surface area contributed by atoms with Crippen molar-refractivity contribution in [2.45, 2.75) is 25.8 Å². The largest absolute Gasteiger partial charge is 0.506 e. The quantitative estimate of drug-likeness (QED) is 0.711. The first-order valence-electron chi connectivity index (χ1n) is 4.95. The zero-order valence-corrected chi connectivity index (χ0v) is 10.0. The average molecular weight is 243 g/mol. The smallest absolute Gasteiger partial charge is 0.244 e. The second-order valence-corrected chi connectivity index (χ2v) is 4.30. The van der Waals surface area contributed by atoms with E-state index in [-0.39, 0.29) is 16.7 Å². The lowest BCUT2D eigenvalue weighted by Gasteiger charge is -2.21. The fourth-order valence-corrected chi connectivity index (χ4v) is 1.20. The Labute approximate surface area is 99.4 Å². The van der Waals surface area contributed by atoms with Crippen LogP contribution in [-0.2, 0) is 4.79 Å². The maximum absolute atomic E-state index is 11.7. The van der Waals surface area contributed by atoms with E-state index in [1.807, 2.05) is 6.92 Å². The fourth-order valence-electron chi connectivity index (χ4n) is 1.02. The topological polar surface area (TPSA) is 75.4 Å². The Hall–Kier alpha value is -1.26. The number of carbonyl (C=O) groups is 1. The zero-order chi connectivity index (χ0) is 12.3. The number of phenolic OH excluding ortho intramolecular Hbond substituents is 1. The molecule has 4 N–H and O–H groups in total. The summed E-state index contributed by atoms with van der Waals surface area (Å²) >= 11 is 5.71. The van der Waals surface area contributed by atoms with Crippen molar-refractivity contribution in [3.8, 4) is 5.75 Å². The molecule has 16 heavy (non-hydrogen) atoms. The predicted octanol–water partition coefficient (Wildman–Crippen LogP) is 2.11. The second kappa shape index (κ2) is 4.72. The van der Waals surface area contributed by atoms with Crippen LogP contribution in [0.3, 0.4) is 0 Å². The van der Waals surface area contributed by atoms with Crippen LogP contribution in [0.1, 0.15) is 20.3 Å². The van der Waals surface area contributed by atoms with Gasteiger partial charge in [0.05, 0.1) is 10.6 Å². The monoisotopic (exact) mass is 242 g/mol. The lowest BCUT2D eigenvalue weighted by molar-refractivity contribution is -0.120. The van der Waals surface area contributed by atoms with E-state index in [4.69, 9.17) is 17.3 Å². The Bertz CT molecular complexity index is 405. The molecular weight excluding hydrogens is 228 g/mol. The van der Waals surface area contributed by atoms with Gasteiger partial charge in [0.1, 0.15) is 5.75 Å². The predicted molar refractivity (Wildman–Crippen MR) is 64.6 cm³/mol. The molecule has 1 aromatic rings. The van der Waals surface area contributed by atoms with Crippen molar-refractivity contribution in [2.24, 2.45) is 5.73 Å². The van der Waals surface area contributed by atoms with E-state index >= 15 is 0 Å². The lowest BCUT2D eigenvalue weighted by atomic mass is 9.99. The average Bonchev–Trinajstić information content (AvgIpc) is 2.23. The van der Waals surface area contributed by atoms with Crippen LogP contribution in [0.15, 0.2) is 18.2 Å². The second-order valence-electron chi connectivity index (χ2n) is 3.89. The molecule has 4 nitrogen and oxygen atoms in total. The molecule has 0 aliphatic carbocycles. The van der Waals surface area contributed by atoms with Crippen molar-refractivity contribution in [3.05, 3.63) is 23.2 Å². The van der Waals surface area contributed by atoms with Crippen molar-refractivity contribution in [3.63, 3.8) is 0 Å². The summed E-state index contributed by atoms with van der Waals surface area (Å²) < 4.78 is 0. The van der Waals surface area contributed by atoms with Crippen LogP contribution in [0, 0.1) is 0 Å². The van der Waals surface area contributed by atoms with Gasteiger partial charge < -0.3 is 16.2 Å². The molecule has 0 aliphatic rings. The molecule has 0 radical (unpaired) electrons. The van der Waals surface area contributed by atoms with Gasteiger partial charge in [-0.15, -0.1) is 0 Å². The first-order chi connectivity index (χ1) is 7.36. The molecule has 1 rings (SSSR count). The van der Waals surface area contributed by atoms with E-state index < -0.39 is 5.54 Å². The van der Waals surface area contributed by atoms with E-state index in [1.54, 1.807) is 13.0 Å². The Morgan fingerprint density at radius 1 is 1.62 bits per heavy atom. The minimum atomic E-state index is -0.912. The first kappa shape index (κ1) is 12.8. The highest BCUT2D eigenvalue weighted by Crippen LogP contribution is 2.26. The van der Waals surface area contributed by atoms with Gasteiger partial charge in [0.15, 0.2) is 0 Å². The molecule has 0 aliphatic heterocycles. The number of phenols is 1. The minimum absolute atomic E-state index is 0.0225.